The maximum atomic E-state index is 6.30. The van der Waals surface area contributed by atoms with Crippen molar-refractivity contribution in [1.82, 2.24) is 14.5 Å². The van der Waals surface area contributed by atoms with E-state index in [2.05, 4.69) is 21.5 Å². The Balaban J connectivity index is 1.97. The summed E-state index contributed by atoms with van der Waals surface area (Å²) in [6.07, 6.45) is 0.158. The van der Waals surface area contributed by atoms with Crippen molar-refractivity contribution in [3.8, 4) is 0 Å². The topological polar surface area (TPSA) is 30.3 Å². The predicted molar refractivity (Wildman–Crippen MR) is 86.2 cm³/mol. The lowest BCUT2D eigenvalue weighted by atomic mass is 10.2. The molecule has 1 aliphatic rings. The second-order valence-electron chi connectivity index (χ2n) is 5.58. The Bertz CT molecular complexity index is 641. The van der Waals surface area contributed by atoms with E-state index in [0.29, 0.717) is 5.02 Å². The molecule has 0 N–H and O–H groups in total. The lowest BCUT2D eigenvalue weighted by molar-refractivity contribution is -0.0272. The molecule has 2 atom stereocenters. The SMILES string of the molecule is CC(Cl)c1nc2cc(Cl)ccc2n1CC1CN(C)CCO1. The Morgan fingerprint density at radius 1 is 1.48 bits per heavy atom. The smallest absolute Gasteiger partial charge is 0.127 e. The normalized spacial score (nSPS) is 21.8. The molecule has 114 valence electrons. The number of benzene rings is 1. The minimum atomic E-state index is -0.155. The minimum absolute atomic E-state index is 0.155. The zero-order valence-electron chi connectivity index (χ0n) is 12.2. The molecule has 6 heteroatoms. The average molecular weight is 328 g/mol. The molecule has 2 aromatic rings. The van der Waals surface area contributed by atoms with E-state index >= 15 is 0 Å². The molecule has 1 aliphatic heterocycles. The van der Waals surface area contributed by atoms with Crippen molar-refractivity contribution < 1.29 is 4.74 Å². The molecule has 4 nitrogen and oxygen atoms in total. The van der Waals surface area contributed by atoms with Gasteiger partial charge < -0.3 is 14.2 Å². The second-order valence-corrected chi connectivity index (χ2v) is 6.68. The second kappa shape index (κ2) is 6.13. The number of halogens is 2. The van der Waals surface area contributed by atoms with Crippen LogP contribution in [0, 0.1) is 0 Å². The molecule has 0 bridgehead atoms. The third-order valence-corrected chi connectivity index (χ3v) is 4.25. The Hall–Kier alpha value is -0.810. The Labute approximate surface area is 134 Å². The van der Waals surface area contributed by atoms with Gasteiger partial charge >= 0.3 is 0 Å². The first kappa shape index (κ1) is 15.1. The molecule has 1 fully saturated rings. The van der Waals surface area contributed by atoms with Crippen molar-refractivity contribution in [3.63, 3.8) is 0 Å². The molecule has 1 aromatic heterocycles. The summed E-state index contributed by atoms with van der Waals surface area (Å²) < 4.78 is 8.03. The molecular formula is C15H19Cl2N3O. The number of ether oxygens (including phenoxy) is 1. The van der Waals surface area contributed by atoms with E-state index in [-0.39, 0.29) is 11.5 Å². The van der Waals surface area contributed by atoms with Gasteiger partial charge in [-0.2, -0.15) is 0 Å². The number of nitrogens with zero attached hydrogens (tertiary/aromatic N) is 3. The first-order chi connectivity index (χ1) is 10.0. The van der Waals surface area contributed by atoms with E-state index in [4.69, 9.17) is 27.9 Å². The maximum absolute atomic E-state index is 6.30. The molecule has 2 unspecified atom stereocenters. The maximum Gasteiger partial charge on any atom is 0.127 e. The predicted octanol–water partition coefficient (Wildman–Crippen LogP) is 3.32. The van der Waals surface area contributed by atoms with E-state index in [1.165, 1.54) is 0 Å². The summed E-state index contributed by atoms with van der Waals surface area (Å²) in [5, 5.41) is 0.534. The molecule has 1 saturated heterocycles. The number of imidazole rings is 1. The van der Waals surface area contributed by atoms with Crippen LogP contribution in [-0.4, -0.2) is 47.3 Å². The number of hydrogen-bond donors (Lipinski definition) is 0. The summed E-state index contributed by atoms with van der Waals surface area (Å²) in [5.74, 6) is 0.866. The van der Waals surface area contributed by atoms with Gasteiger partial charge in [-0.1, -0.05) is 11.6 Å². The van der Waals surface area contributed by atoms with Gasteiger partial charge in [0.25, 0.3) is 0 Å². The zero-order chi connectivity index (χ0) is 15.0. The van der Waals surface area contributed by atoms with E-state index < -0.39 is 0 Å². The van der Waals surface area contributed by atoms with Crippen LogP contribution in [0.25, 0.3) is 11.0 Å². The van der Waals surface area contributed by atoms with Crippen molar-refractivity contribution in [2.75, 3.05) is 26.7 Å². The van der Waals surface area contributed by atoms with Crippen LogP contribution >= 0.6 is 23.2 Å². The Kier molecular flexibility index (Phi) is 4.41. The molecule has 3 rings (SSSR count). The number of hydrogen-bond acceptors (Lipinski definition) is 3. The zero-order valence-corrected chi connectivity index (χ0v) is 13.7. The van der Waals surface area contributed by atoms with Gasteiger partial charge in [0.15, 0.2) is 0 Å². The van der Waals surface area contributed by atoms with Crippen LogP contribution in [0.15, 0.2) is 18.2 Å². The number of likely N-dealkylation sites (N-methyl/N-ethyl adjacent to an activating group) is 1. The fourth-order valence-electron chi connectivity index (χ4n) is 2.80. The van der Waals surface area contributed by atoms with Crippen LogP contribution in [0.3, 0.4) is 0 Å². The Morgan fingerprint density at radius 3 is 3.00 bits per heavy atom. The summed E-state index contributed by atoms with van der Waals surface area (Å²) in [5.41, 5.74) is 1.94. The lowest BCUT2D eigenvalue weighted by Crippen LogP contribution is -2.42. The highest BCUT2D eigenvalue weighted by atomic mass is 35.5. The fraction of sp³-hybridized carbons (Fsp3) is 0.533. The minimum Gasteiger partial charge on any atom is -0.374 e. The first-order valence-electron chi connectivity index (χ1n) is 7.14. The van der Waals surface area contributed by atoms with Crippen molar-refractivity contribution in [2.45, 2.75) is 24.9 Å². The molecule has 0 aliphatic carbocycles. The van der Waals surface area contributed by atoms with Gasteiger partial charge in [0.2, 0.25) is 0 Å². The summed E-state index contributed by atoms with van der Waals surface area (Å²) in [6.45, 7) is 5.37. The van der Waals surface area contributed by atoms with Crippen LogP contribution in [0.4, 0.5) is 0 Å². The quantitative estimate of drug-likeness (QED) is 0.810. The summed E-state index contributed by atoms with van der Waals surface area (Å²) in [6, 6.07) is 5.77. The van der Waals surface area contributed by atoms with Crippen LogP contribution in [0.5, 0.6) is 0 Å². The number of aromatic nitrogens is 2. The van der Waals surface area contributed by atoms with Gasteiger partial charge in [-0.15, -0.1) is 11.6 Å². The van der Waals surface area contributed by atoms with E-state index in [1.807, 2.05) is 25.1 Å². The lowest BCUT2D eigenvalue weighted by Gasteiger charge is -2.30. The average Bonchev–Trinajstić information content (AvgIpc) is 2.77. The standard InChI is InChI=1S/C15H19Cl2N3O/c1-10(16)15-18-13-7-11(17)3-4-14(13)20(15)9-12-8-19(2)5-6-21-12/h3-4,7,10,12H,5-6,8-9H2,1-2H3. The van der Waals surface area contributed by atoms with E-state index in [9.17, 15) is 0 Å². The molecule has 0 radical (unpaired) electrons. The van der Waals surface area contributed by atoms with Gasteiger partial charge in [-0.3, -0.25) is 0 Å². The summed E-state index contributed by atoms with van der Waals surface area (Å²) in [7, 11) is 2.12. The van der Waals surface area contributed by atoms with E-state index in [1.54, 1.807) is 0 Å². The monoisotopic (exact) mass is 327 g/mol. The number of morpholine rings is 1. The van der Waals surface area contributed by atoms with Crippen molar-refractivity contribution in [2.24, 2.45) is 0 Å². The molecule has 0 spiro atoms. The first-order valence-corrected chi connectivity index (χ1v) is 7.96. The molecule has 0 saturated carbocycles. The van der Waals surface area contributed by atoms with E-state index in [0.717, 1.165) is 43.1 Å². The molecule has 2 heterocycles. The summed E-state index contributed by atoms with van der Waals surface area (Å²) >= 11 is 12.4. The van der Waals surface area contributed by atoms with Crippen LogP contribution in [0.2, 0.25) is 5.02 Å². The van der Waals surface area contributed by atoms with Gasteiger partial charge in [0.05, 0.1) is 35.7 Å². The van der Waals surface area contributed by atoms with Gasteiger partial charge in [-0.25, -0.2) is 4.98 Å². The third kappa shape index (κ3) is 3.19. The van der Waals surface area contributed by atoms with Crippen LogP contribution in [0.1, 0.15) is 18.1 Å². The van der Waals surface area contributed by atoms with Crippen LogP contribution in [-0.2, 0) is 11.3 Å². The number of fused-ring (bicyclic) bond motifs is 1. The van der Waals surface area contributed by atoms with Crippen molar-refractivity contribution >= 4 is 34.2 Å². The fourth-order valence-corrected chi connectivity index (χ4v) is 3.13. The highest BCUT2D eigenvalue weighted by Gasteiger charge is 2.22. The van der Waals surface area contributed by atoms with Crippen molar-refractivity contribution in [1.29, 1.82) is 0 Å². The molecule has 21 heavy (non-hydrogen) atoms. The molecule has 1 aromatic carbocycles. The highest BCUT2D eigenvalue weighted by molar-refractivity contribution is 6.31. The highest BCUT2D eigenvalue weighted by Crippen LogP contribution is 2.27. The third-order valence-electron chi connectivity index (χ3n) is 3.82. The largest absolute Gasteiger partial charge is 0.374 e. The molecular weight excluding hydrogens is 309 g/mol. The summed E-state index contributed by atoms with van der Waals surface area (Å²) in [4.78, 5) is 6.92. The Morgan fingerprint density at radius 2 is 2.29 bits per heavy atom. The molecule has 0 amide bonds. The van der Waals surface area contributed by atoms with Gasteiger partial charge in [-0.05, 0) is 32.2 Å². The number of alkyl halides is 1. The number of rotatable bonds is 3. The van der Waals surface area contributed by atoms with Gasteiger partial charge in [0, 0.05) is 18.1 Å². The van der Waals surface area contributed by atoms with Gasteiger partial charge in [0.1, 0.15) is 5.82 Å². The van der Waals surface area contributed by atoms with Crippen LogP contribution < -0.4 is 0 Å². The van der Waals surface area contributed by atoms with Crippen molar-refractivity contribution in [3.05, 3.63) is 29.0 Å².